The van der Waals surface area contributed by atoms with Gasteiger partial charge in [0.2, 0.25) is 0 Å². The maximum absolute atomic E-state index is 10.7. The van der Waals surface area contributed by atoms with Crippen LogP contribution < -0.4 is 5.32 Å². The molecule has 19 heavy (non-hydrogen) atoms. The fraction of sp³-hybridized carbons (Fsp3) is 0.143. The summed E-state index contributed by atoms with van der Waals surface area (Å²) in [6.07, 6.45) is 0. The molecule has 2 aromatic carbocycles. The van der Waals surface area contributed by atoms with Crippen molar-refractivity contribution in [1.29, 1.82) is 0 Å². The smallest absolute Gasteiger partial charge is 0.269 e. The van der Waals surface area contributed by atoms with E-state index in [1.54, 1.807) is 23.9 Å². The number of nitrogens with zero attached hydrogens (tertiary/aromatic N) is 1. The van der Waals surface area contributed by atoms with Crippen molar-refractivity contribution in [2.45, 2.75) is 16.7 Å². The molecule has 1 heterocycles. The molecule has 3 rings (SSSR count). The van der Waals surface area contributed by atoms with Crippen LogP contribution in [0.25, 0.3) is 0 Å². The summed E-state index contributed by atoms with van der Waals surface area (Å²) < 4.78 is 0. The summed E-state index contributed by atoms with van der Waals surface area (Å²) in [4.78, 5) is 11.2. The Morgan fingerprint density at radius 1 is 1.16 bits per heavy atom. The summed E-state index contributed by atoms with van der Waals surface area (Å²) >= 11 is 1.72. The Morgan fingerprint density at radius 3 is 2.47 bits per heavy atom. The zero-order valence-electron chi connectivity index (χ0n) is 10.3. The molecule has 4 nitrogen and oxygen atoms in total. The van der Waals surface area contributed by atoms with Crippen molar-refractivity contribution in [2.24, 2.45) is 0 Å². The summed E-state index contributed by atoms with van der Waals surface area (Å²) in [6.45, 7) is 2.08. The zero-order chi connectivity index (χ0) is 13.5. The van der Waals surface area contributed by atoms with Crippen LogP contribution in [0.5, 0.6) is 0 Å². The lowest BCUT2D eigenvalue weighted by atomic mass is 10.1. The van der Waals surface area contributed by atoms with Gasteiger partial charge < -0.3 is 5.32 Å². The van der Waals surface area contributed by atoms with Crippen molar-refractivity contribution < 1.29 is 4.92 Å². The van der Waals surface area contributed by atoms with Gasteiger partial charge in [0.15, 0.2) is 0 Å². The van der Waals surface area contributed by atoms with Gasteiger partial charge in [-0.05, 0) is 36.8 Å². The fourth-order valence-corrected chi connectivity index (χ4v) is 3.42. The molecule has 0 fully saturated rings. The topological polar surface area (TPSA) is 55.2 Å². The van der Waals surface area contributed by atoms with E-state index in [-0.39, 0.29) is 15.5 Å². The number of anilines is 1. The molecule has 0 saturated heterocycles. The minimum atomic E-state index is -0.379. The van der Waals surface area contributed by atoms with Gasteiger partial charge in [0.1, 0.15) is 4.87 Å². The fourth-order valence-electron chi connectivity index (χ4n) is 2.19. The number of para-hydroxylation sites is 1. The van der Waals surface area contributed by atoms with Gasteiger partial charge in [-0.25, -0.2) is 0 Å². The maximum Gasteiger partial charge on any atom is 0.269 e. The Morgan fingerprint density at radius 2 is 1.84 bits per heavy atom. The van der Waals surface area contributed by atoms with Gasteiger partial charge in [-0.15, -0.1) is 0 Å². The van der Waals surface area contributed by atoms with E-state index in [0.717, 1.165) is 11.3 Å². The Bertz CT molecular complexity index is 615. The predicted molar refractivity (Wildman–Crippen MR) is 76.4 cm³/mol. The summed E-state index contributed by atoms with van der Waals surface area (Å²) in [5, 5.41) is 14.1. The molecule has 0 spiro atoms. The molecule has 0 bridgehead atoms. The van der Waals surface area contributed by atoms with Crippen molar-refractivity contribution in [3.05, 3.63) is 64.2 Å². The van der Waals surface area contributed by atoms with E-state index in [1.165, 1.54) is 4.90 Å². The van der Waals surface area contributed by atoms with Crippen molar-refractivity contribution in [3.8, 4) is 0 Å². The van der Waals surface area contributed by atoms with Crippen LogP contribution in [0.15, 0.2) is 53.4 Å². The van der Waals surface area contributed by atoms with Crippen LogP contribution >= 0.6 is 11.8 Å². The van der Waals surface area contributed by atoms with Crippen LogP contribution in [0.4, 0.5) is 11.4 Å². The molecule has 0 aromatic heterocycles. The van der Waals surface area contributed by atoms with Crippen LogP contribution in [0.3, 0.4) is 0 Å². The molecule has 1 N–H and O–H groups in total. The molecule has 0 radical (unpaired) electrons. The molecule has 1 aliphatic rings. The highest BCUT2D eigenvalue weighted by Crippen LogP contribution is 2.50. The number of non-ortho nitro benzene ring substituents is 1. The predicted octanol–water partition coefficient (Wildman–Crippen LogP) is 3.99. The Labute approximate surface area is 115 Å². The normalized spacial score (nSPS) is 20.7. The second-order valence-corrected chi connectivity index (χ2v) is 6.02. The van der Waals surface area contributed by atoms with E-state index >= 15 is 0 Å². The van der Waals surface area contributed by atoms with Gasteiger partial charge in [-0.2, -0.15) is 0 Å². The van der Waals surface area contributed by atoms with Crippen molar-refractivity contribution in [2.75, 3.05) is 5.32 Å². The molecule has 1 atom stereocenters. The molecule has 96 valence electrons. The summed E-state index contributed by atoms with van der Waals surface area (Å²) in [5.74, 6) is 0. The molecule has 0 unspecified atom stereocenters. The monoisotopic (exact) mass is 272 g/mol. The van der Waals surface area contributed by atoms with Gasteiger partial charge >= 0.3 is 0 Å². The van der Waals surface area contributed by atoms with Crippen molar-refractivity contribution in [3.63, 3.8) is 0 Å². The van der Waals surface area contributed by atoms with Crippen molar-refractivity contribution >= 4 is 23.1 Å². The third-order valence-electron chi connectivity index (χ3n) is 3.20. The Kier molecular flexibility index (Phi) is 2.71. The minimum absolute atomic E-state index is 0.118. The van der Waals surface area contributed by atoms with E-state index in [1.807, 2.05) is 30.3 Å². The largest absolute Gasteiger partial charge is 0.366 e. The highest BCUT2D eigenvalue weighted by Gasteiger charge is 2.34. The summed E-state index contributed by atoms with van der Waals surface area (Å²) in [7, 11) is 0. The maximum atomic E-state index is 10.7. The van der Waals surface area contributed by atoms with Gasteiger partial charge in [0.05, 0.1) is 4.92 Å². The Balaban J connectivity index is 1.93. The third-order valence-corrected chi connectivity index (χ3v) is 4.53. The first kappa shape index (κ1) is 12.0. The number of nitro groups is 1. The minimum Gasteiger partial charge on any atom is -0.366 e. The van der Waals surface area contributed by atoms with E-state index < -0.39 is 0 Å². The van der Waals surface area contributed by atoms with Gasteiger partial charge in [-0.1, -0.05) is 23.9 Å². The summed E-state index contributed by atoms with van der Waals surface area (Å²) in [6, 6.07) is 14.8. The van der Waals surface area contributed by atoms with E-state index in [2.05, 4.69) is 18.3 Å². The SMILES string of the molecule is C[C@@]1(c2ccc([N+](=O)[O-])cc2)Nc2ccccc2S1. The second kappa shape index (κ2) is 4.28. The first-order chi connectivity index (χ1) is 9.08. The number of thioether (sulfide) groups is 1. The van der Waals surface area contributed by atoms with E-state index in [4.69, 9.17) is 0 Å². The average Bonchev–Trinajstić information content (AvgIpc) is 2.76. The molecule has 0 aliphatic carbocycles. The molecule has 2 aromatic rings. The molecule has 5 heteroatoms. The van der Waals surface area contributed by atoms with Crippen molar-refractivity contribution in [1.82, 2.24) is 0 Å². The number of rotatable bonds is 2. The second-order valence-electron chi connectivity index (χ2n) is 4.56. The molecule has 1 aliphatic heterocycles. The highest BCUT2D eigenvalue weighted by molar-refractivity contribution is 8.00. The lowest BCUT2D eigenvalue weighted by Gasteiger charge is -2.24. The van der Waals surface area contributed by atoms with E-state index in [0.29, 0.717) is 0 Å². The van der Waals surface area contributed by atoms with Gasteiger partial charge in [-0.3, -0.25) is 10.1 Å². The first-order valence-electron chi connectivity index (χ1n) is 5.90. The molecular weight excluding hydrogens is 260 g/mol. The number of benzene rings is 2. The molecule has 0 amide bonds. The number of nitrogens with one attached hydrogen (secondary N) is 1. The molecule has 0 saturated carbocycles. The lowest BCUT2D eigenvalue weighted by molar-refractivity contribution is -0.384. The molecular formula is C14H12N2O2S. The number of nitro benzene ring substituents is 1. The third kappa shape index (κ3) is 2.06. The van der Waals surface area contributed by atoms with Crippen LogP contribution in [0.2, 0.25) is 0 Å². The van der Waals surface area contributed by atoms with E-state index in [9.17, 15) is 10.1 Å². The van der Waals surface area contributed by atoms with Gasteiger partial charge in [0, 0.05) is 22.7 Å². The number of hydrogen-bond donors (Lipinski definition) is 1. The van der Waals surface area contributed by atoms with Crippen LogP contribution in [0.1, 0.15) is 12.5 Å². The number of fused-ring (bicyclic) bond motifs is 1. The standard InChI is InChI=1S/C14H12N2O2S/c1-14(10-6-8-11(9-7-10)16(17)18)15-12-4-2-3-5-13(12)19-14/h2-9,15H,1H3/t14-/m1/s1. The quantitative estimate of drug-likeness (QED) is 0.663. The average molecular weight is 272 g/mol. The van der Waals surface area contributed by atoms with Gasteiger partial charge in [0.25, 0.3) is 5.69 Å². The lowest BCUT2D eigenvalue weighted by Crippen LogP contribution is -2.23. The van der Waals surface area contributed by atoms with Crippen LogP contribution in [0, 0.1) is 10.1 Å². The summed E-state index contributed by atoms with van der Waals surface area (Å²) in [5.41, 5.74) is 2.25. The van der Waals surface area contributed by atoms with Crippen LogP contribution in [-0.4, -0.2) is 4.92 Å². The zero-order valence-corrected chi connectivity index (χ0v) is 11.1. The van der Waals surface area contributed by atoms with Crippen LogP contribution in [-0.2, 0) is 4.87 Å². The Hall–Kier alpha value is -2.01. The first-order valence-corrected chi connectivity index (χ1v) is 6.71. The highest BCUT2D eigenvalue weighted by atomic mass is 32.2. The number of hydrogen-bond acceptors (Lipinski definition) is 4.